The van der Waals surface area contributed by atoms with Crippen molar-refractivity contribution in [3.63, 3.8) is 0 Å². The third-order valence-corrected chi connectivity index (χ3v) is 2.44. The molecule has 92 valence electrons. The molecule has 0 aliphatic carbocycles. The highest BCUT2D eigenvalue weighted by molar-refractivity contribution is 6.30. The Bertz CT molecular complexity index is 557. The number of benzene rings is 2. The molecule has 0 bridgehead atoms. The van der Waals surface area contributed by atoms with Gasteiger partial charge in [-0.3, -0.25) is 0 Å². The fourth-order valence-corrected chi connectivity index (χ4v) is 1.52. The largest absolute Gasteiger partial charge is 0.323 e. The Balaban J connectivity index is 1.98. The van der Waals surface area contributed by atoms with Crippen molar-refractivity contribution in [2.75, 3.05) is 10.6 Å². The first-order valence-corrected chi connectivity index (χ1v) is 5.60. The Labute approximate surface area is 109 Å². The SMILES string of the molecule is O=C(Nc1ccc(Cl)cc1)Nc1cccc(F)c1. The van der Waals surface area contributed by atoms with Crippen LogP contribution in [0.15, 0.2) is 48.5 Å². The first-order chi connectivity index (χ1) is 8.63. The van der Waals surface area contributed by atoms with Crippen LogP contribution in [0, 0.1) is 5.82 Å². The van der Waals surface area contributed by atoms with Gasteiger partial charge in [0.25, 0.3) is 0 Å². The molecule has 5 heteroatoms. The average Bonchev–Trinajstić information content (AvgIpc) is 2.32. The lowest BCUT2D eigenvalue weighted by Crippen LogP contribution is -2.19. The molecule has 0 saturated heterocycles. The smallest absolute Gasteiger partial charge is 0.308 e. The molecule has 2 rings (SSSR count). The fraction of sp³-hybridized carbons (Fsp3) is 0. The van der Waals surface area contributed by atoms with Crippen molar-refractivity contribution >= 4 is 29.0 Å². The summed E-state index contributed by atoms with van der Waals surface area (Å²) in [7, 11) is 0. The molecule has 0 aromatic heterocycles. The summed E-state index contributed by atoms with van der Waals surface area (Å²) >= 11 is 5.73. The number of rotatable bonds is 2. The molecule has 2 aromatic rings. The molecule has 0 unspecified atom stereocenters. The van der Waals surface area contributed by atoms with Crippen molar-refractivity contribution in [3.05, 3.63) is 59.4 Å². The highest BCUT2D eigenvalue weighted by Gasteiger charge is 2.03. The molecule has 18 heavy (non-hydrogen) atoms. The van der Waals surface area contributed by atoms with E-state index in [1.807, 2.05) is 0 Å². The topological polar surface area (TPSA) is 41.1 Å². The highest BCUT2D eigenvalue weighted by atomic mass is 35.5. The van der Waals surface area contributed by atoms with Gasteiger partial charge in [0.15, 0.2) is 0 Å². The summed E-state index contributed by atoms with van der Waals surface area (Å²) in [4.78, 5) is 11.6. The minimum Gasteiger partial charge on any atom is -0.308 e. The van der Waals surface area contributed by atoms with Gasteiger partial charge in [-0.2, -0.15) is 0 Å². The van der Waals surface area contributed by atoms with Gasteiger partial charge in [-0.25, -0.2) is 9.18 Å². The molecular weight excluding hydrogens is 255 g/mol. The second kappa shape index (κ2) is 5.51. The molecule has 0 aliphatic rings. The summed E-state index contributed by atoms with van der Waals surface area (Å²) < 4.78 is 12.9. The minimum atomic E-state index is -0.442. The van der Waals surface area contributed by atoms with Crippen LogP contribution in [-0.4, -0.2) is 6.03 Å². The van der Waals surface area contributed by atoms with Gasteiger partial charge in [-0.1, -0.05) is 17.7 Å². The van der Waals surface area contributed by atoms with Gasteiger partial charge >= 0.3 is 6.03 Å². The van der Waals surface area contributed by atoms with Crippen molar-refractivity contribution in [2.24, 2.45) is 0 Å². The van der Waals surface area contributed by atoms with E-state index < -0.39 is 11.8 Å². The van der Waals surface area contributed by atoms with E-state index in [-0.39, 0.29) is 0 Å². The molecule has 0 radical (unpaired) electrons. The summed E-state index contributed by atoms with van der Waals surface area (Å²) in [6, 6.07) is 11.9. The fourth-order valence-electron chi connectivity index (χ4n) is 1.39. The van der Waals surface area contributed by atoms with Crippen molar-refractivity contribution in [1.29, 1.82) is 0 Å². The highest BCUT2D eigenvalue weighted by Crippen LogP contribution is 2.14. The summed E-state index contributed by atoms with van der Waals surface area (Å²) in [5.41, 5.74) is 0.995. The van der Waals surface area contributed by atoms with E-state index in [1.54, 1.807) is 30.3 Å². The second-order valence-electron chi connectivity index (χ2n) is 3.60. The van der Waals surface area contributed by atoms with Gasteiger partial charge in [0.2, 0.25) is 0 Å². The first-order valence-electron chi connectivity index (χ1n) is 5.22. The van der Waals surface area contributed by atoms with E-state index in [2.05, 4.69) is 10.6 Å². The molecule has 0 spiro atoms. The first kappa shape index (κ1) is 12.4. The van der Waals surface area contributed by atoms with Gasteiger partial charge in [0.05, 0.1) is 0 Å². The van der Waals surface area contributed by atoms with E-state index in [1.165, 1.54) is 18.2 Å². The Morgan fingerprint density at radius 2 is 1.67 bits per heavy atom. The predicted octanol–water partition coefficient (Wildman–Crippen LogP) is 4.12. The normalized spacial score (nSPS) is 9.89. The van der Waals surface area contributed by atoms with Crippen LogP contribution in [0.2, 0.25) is 5.02 Å². The van der Waals surface area contributed by atoms with Crippen LogP contribution in [0.4, 0.5) is 20.6 Å². The van der Waals surface area contributed by atoms with Gasteiger partial charge in [0, 0.05) is 16.4 Å². The van der Waals surface area contributed by atoms with Crippen LogP contribution in [0.3, 0.4) is 0 Å². The number of nitrogens with one attached hydrogen (secondary N) is 2. The van der Waals surface area contributed by atoms with Gasteiger partial charge in [-0.15, -0.1) is 0 Å². The van der Waals surface area contributed by atoms with Crippen molar-refractivity contribution in [1.82, 2.24) is 0 Å². The Morgan fingerprint density at radius 3 is 2.33 bits per heavy atom. The molecule has 0 saturated carbocycles. The zero-order valence-electron chi connectivity index (χ0n) is 9.28. The quantitative estimate of drug-likeness (QED) is 0.841. The molecule has 3 nitrogen and oxygen atoms in total. The zero-order chi connectivity index (χ0) is 13.0. The lowest BCUT2D eigenvalue weighted by molar-refractivity contribution is 0.262. The van der Waals surface area contributed by atoms with E-state index in [0.29, 0.717) is 16.4 Å². The molecule has 0 fully saturated rings. The number of hydrogen-bond acceptors (Lipinski definition) is 1. The monoisotopic (exact) mass is 264 g/mol. The van der Waals surface area contributed by atoms with E-state index in [0.717, 1.165) is 0 Å². The van der Waals surface area contributed by atoms with Gasteiger partial charge in [0.1, 0.15) is 5.82 Å². The number of amides is 2. The van der Waals surface area contributed by atoms with E-state index >= 15 is 0 Å². The molecule has 0 heterocycles. The summed E-state index contributed by atoms with van der Waals surface area (Å²) in [6.45, 7) is 0. The predicted molar refractivity (Wildman–Crippen MR) is 70.5 cm³/mol. The van der Waals surface area contributed by atoms with Crippen LogP contribution in [0.1, 0.15) is 0 Å². The van der Waals surface area contributed by atoms with Crippen LogP contribution in [-0.2, 0) is 0 Å². The number of anilines is 2. The lowest BCUT2D eigenvalue weighted by Gasteiger charge is -2.07. The number of halogens is 2. The van der Waals surface area contributed by atoms with Crippen LogP contribution >= 0.6 is 11.6 Å². The van der Waals surface area contributed by atoms with Gasteiger partial charge < -0.3 is 10.6 Å². The number of hydrogen-bond donors (Lipinski definition) is 2. The van der Waals surface area contributed by atoms with Crippen LogP contribution in [0.5, 0.6) is 0 Å². The molecule has 2 N–H and O–H groups in total. The maximum atomic E-state index is 12.9. The maximum Gasteiger partial charge on any atom is 0.323 e. The van der Waals surface area contributed by atoms with E-state index in [4.69, 9.17) is 11.6 Å². The molecule has 2 amide bonds. The zero-order valence-corrected chi connectivity index (χ0v) is 10.0. The number of carbonyl (C=O) groups is 1. The van der Waals surface area contributed by atoms with Crippen molar-refractivity contribution in [2.45, 2.75) is 0 Å². The van der Waals surface area contributed by atoms with Crippen molar-refractivity contribution < 1.29 is 9.18 Å². The summed E-state index contributed by atoms with van der Waals surface area (Å²) in [5.74, 6) is -0.403. The molecule has 0 aliphatic heterocycles. The Kier molecular flexibility index (Phi) is 3.79. The van der Waals surface area contributed by atoms with Crippen molar-refractivity contribution in [3.8, 4) is 0 Å². The van der Waals surface area contributed by atoms with Crippen LogP contribution in [0.25, 0.3) is 0 Å². The molecule has 0 atom stereocenters. The third-order valence-electron chi connectivity index (χ3n) is 2.18. The molecule has 2 aromatic carbocycles. The summed E-state index contributed by atoms with van der Waals surface area (Å²) in [6.07, 6.45) is 0. The second-order valence-corrected chi connectivity index (χ2v) is 4.03. The lowest BCUT2D eigenvalue weighted by atomic mass is 10.3. The molecular formula is C13H10ClFN2O. The number of carbonyl (C=O) groups excluding carboxylic acids is 1. The van der Waals surface area contributed by atoms with Gasteiger partial charge in [-0.05, 0) is 42.5 Å². The Morgan fingerprint density at radius 1 is 1.00 bits per heavy atom. The standard InChI is InChI=1S/C13H10ClFN2O/c14-9-4-6-11(7-5-9)16-13(18)17-12-3-1-2-10(15)8-12/h1-8H,(H2,16,17,18). The average molecular weight is 265 g/mol. The van der Waals surface area contributed by atoms with Crippen LogP contribution < -0.4 is 10.6 Å². The third kappa shape index (κ3) is 3.46. The minimum absolute atomic E-state index is 0.390. The number of urea groups is 1. The van der Waals surface area contributed by atoms with E-state index in [9.17, 15) is 9.18 Å². The Hall–Kier alpha value is -2.07. The maximum absolute atomic E-state index is 12.9. The summed E-state index contributed by atoms with van der Waals surface area (Å²) in [5, 5.41) is 5.72.